The molecule has 1 fully saturated rings. The highest BCUT2D eigenvalue weighted by atomic mass is 16.6. The Balaban J connectivity index is 1.65. The van der Waals surface area contributed by atoms with E-state index in [1.54, 1.807) is 38.3 Å². The fraction of sp³-hybridized carbons (Fsp3) is 0.371. The van der Waals surface area contributed by atoms with Gasteiger partial charge in [0.15, 0.2) is 5.78 Å². The highest BCUT2D eigenvalue weighted by Gasteiger charge is 2.58. The summed E-state index contributed by atoms with van der Waals surface area (Å²) in [5.41, 5.74) is 1.33. The number of esters is 2. The van der Waals surface area contributed by atoms with Crippen molar-refractivity contribution in [3.05, 3.63) is 89.5 Å². The molecule has 8 heteroatoms. The Morgan fingerprint density at radius 1 is 0.930 bits per heavy atom. The van der Waals surface area contributed by atoms with Gasteiger partial charge in [-0.25, -0.2) is 4.79 Å². The molecule has 3 aromatic rings. The molecular weight excluding hydrogens is 546 g/mol. The van der Waals surface area contributed by atoms with Crippen LogP contribution >= 0.6 is 0 Å². The molecule has 1 aliphatic rings. The summed E-state index contributed by atoms with van der Waals surface area (Å²) in [5, 5.41) is 0. The number of benzene rings is 3. The second kappa shape index (κ2) is 12.8. The van der Waals surface area contributed by atoms with Crippen LogP contribution in [0.3, 0.4) is 0 Å². The van der Waals surface area contributed by atoms with Crippen molar-refractivity contribution in [1.29, 1.82) is 0 Å². The number of rotatable bonds is 9. The second-order valence-corrected chi connectivity index (χ2v) is 11.8. The van der Waals surface area contributed by atoms with Gasteiger partial charge in [-0.2, -0.15) is 0 Å². The van der Waals surface area contributed by atoms with Gasteiger partial charge in [-0.15, -0.1) is 0 Å². The van der Waals surface area contributed by atoms with Crippen LogP contribution in [-0.2, 0) is 36.7 Å². The summed E-state index contributed by atoms with van der Waals surface area (Å²) in [5.74, 6) is -0.994. The Morgan fingerprint density at radius 3 is 2.14 bits per heavy atom. The Kier molecular flexibility index (Phi) is 9.38. The molecule has 226 valence electrons. The van der Waals surface area contributed by atoms with E-state index >= 15 is 0 Å². The molecule has 0 spiro atoms. The number of ketones is 1. The highest BCUT2D eigenvalue weighted by Crippen LogP contribution is 2.38. The standard InChI is InChI=1S/C35H39NO7/c1-7-42-33(40)35(22-36(23(2)37)30(31(35)38)20-24-14-18-27(41-6)19-15-24)21-25-12-16-26(17-13-25)28-10-8-9-11-29(28)32(39)43-34(3,4)5/h8-19,30H,7,20-22H2,1-6H3. The second-order valence-electron chi connectivity index (χ2n) is 11.8. The van der Waals surface area contributed by atoms with E-state index in [9.17, 15) is 19.2 Å². The number of Topliss-reactive ketones (excluding diaryl/α,β-unsaturated/α-hetero) is 1. The van der Waals surface area contributed by atoms with Gasteiger partial charge in [0.2, 0.25) is 5.91 Å². The number of methoxy groups -OCH3 is 1. The topological polar surface area (TPSA) is 99.2 Å². The maximum absolute atomic E-state index is 14.1. The fourth-order valence-corrected chi connectivity index (χ4v) is 5.50. The van der Waals surface area contributed by atoms with E-state index in [1.165, 1.54) is 11.8 Å². The predicted octanol–water partition coefficient (Wildman–Crippen LogP) is 5.45. The molecule has 0 aliphatic carbocycles. The predicted molar refractivity (Wildman–Crippen MR) is 163 cm³/mol. The minimum atomic E-state index is -1.55. The molecule has 2 atom stereocenters. The van der Waals surface area contributed by atoms with E-state index in [-0.39, 0.29) is 37.7 Å². The minimum absolute atomic E-state index is 0.0654. The van der Waals surface area contributed by atoms with Crippen molar-refractivity contribution in [3.63, 3.8) is 0 Å². The fourth-order valence-electron chi connectivity index (χ4n) is 5.50. The first-order chi connectivity index (χ1) is 20.4. The average Bonchev–Trinajstić information content (AvgIpc) is 3.25. The molecule has 1 aliphatic heterocycles. The van der Waals surface area contributed by atoms with Crippen molar-refractivity contribution in [3.8, 4) is 16.9 Å². The van der Waals surface area contributed by atoms with Crippen molar-refractivity contribution in [2.24, 2.45) is 5.41 Å². The van der Waals surface area contributed by atoms with Crippen LogP contribution in [0.25, 0.3) is 11.1 Å². The van der Waals surface area contributed by atoms with Crippen molar-refractivity contribution in [2.75, 3.05) is 20.3 Å². The van der Waals surface area contributed by atoms with E-state index in [1.807, 2.05) is 69.3 Å². The summed E-state index contributed by atoms with van der Waals surface area (Å²) < 4.78 is 16.3. The number of carbonyl (C=O) groups excluding carboxylic acids is 4. The number of amides is 1. The van der Waals surface area contributed by atoms with Gasteiger partial charge >= 0.3 is 11.9 Å². The maximum atomic E-state index is 14.1. The first-order valence-electron chi connectivity index (χ1n) is 14.4. The molecule has 1 saturated heterocycles. The summed E-state index contributed by atoms with van der Waals surface area (Å²) in [6, 6.07) is 21.1. The third-order valence-corrected chi connectivity index (χ3v) is 7.57. The lowest BCUT2D eigenvalue weighted by Gasteiger charge is -2.25. The van der Waals surface area contributed by atoms with Crippen molar-refractivity contribution in [2.45, 2.75) is 59.1 Å². The lowest BCUT2D eigenvalue weighted by molar-refractivity contribution is -0.158. The Morgan fingerprint density at radius 2 is 1.56 bits per heavy atom. The molecule has 0 aromatic heterocycles. The Bertz CT molecular complexity index is 1490. The zero-order chi connectivity index (χ0) is 31.4. The van der Waals surface area contributed by atoms with Gasteiger partial charge < -0.3 is 19.1 Å². The lowest BCUT2D eigenvalue weighted by Crippen LogP contribution is -2.44. The number of nitrogens with zero attached hydrogens (tertiary/aromatic N) is 1. The van der Waals surface area contributed by atoms with Crippen molar-refractivity contribution >= 4 is 23.6 Å². The zero-order valence-corrected chi connectivity index (χ0v) is 25.6. The lowest BCUT2D eigenvalue weighted by atomic mass is 9.77. The number of ether oxygens (including phenoxy) is 3. The molecule has 1 heterocycles. The van der Waals surface area contributed by atoms with Crippen molar-refractivity contribution < 1.29 is 33.4 Å². The van der Waals surface area contributed by atoms with Crippen LogP contribution in [0.4, 0.5) is 0 Å². The molecular formula is C35H39NO7. The third-order valence-electron chi connectivity index (χ3n) is 7.57. The van der Waals surface area contributed by atoms with Gasteiger partial charge in [0, 0.05) is 19.9 Å². The molecule has 43 heavy (non-hydrogen) atoms. The van der Waals surface area contributed by atoms with E-state index in [0.717, 1.165) is 16.7 Å². The molecule has 0 saturated carbocycles. The van der Waals surface area contributed by atoms with Crippen molar-refractivity contribution in [1.82, 2.24) is 4.90 Å². The monoisotopic (exact) mass is 585 g/mol. The number of hydrogen-bond acceptors (Lipinski definition) is 7. The molecule has 1 amide bonds. The number of hydrogen-bond donors (Lipinski definition) is 0. The van der Waals surface area contributed by atoms with Crippen LogP contribution in [0.5, 0.6) is 5.75 Å². The van der Waals surface area contributed by atoms with Gasteiger partial charge in [0.1, 0.15) is 16.8 Å². The third kappa shape index (κ3) is 6.96. The Hall–Kier alpha value is -4.46. The van der Waals surface area contributed by atoms with E-state index in [2.05, 4.69) is 0 Å². The van der Waals surface area contributed by atoms with Crippen LogP contribution < -0.4 is 4.74 Å². The normalized spacial score (nSPS) is 18.3. The number of likely N-dealkylation sites (tertiary alicyclic amines) is 1. The summed E-state index contributed by atoms with van der Waals surface area (Å²) in [4.78, 5) is 54.8. The molecule has 2 unspecified atom stereocenters. The zero-order valence-electron chi connectivity index (χ0n) is 25.6. The smallest absolute Gasteiger partial charge is 0.339 e. The summed E-state index contributed by atoms with van der Waals surface area (Å²) in [7, 11) is 1.58. The quantitative estimate of drug-likeness (QED) is 0.243. The van der Waals surface area contributed by atoms with Gasteiger partial charge in [-0.05, 0) is 74.6 Å². The largest absolute Gasteiger partial charge is 0.497 e. The maximum Gasteiger partial charge on any atom is 0.339 e. The van der Waals surface area contributed by atoms with Crippen LogP contribution in [0.2, 0.25) is 0 Å². The van der Waals surface area contributed by atoms with Gasteiger partial charge in [-0.3, -0.25) is 14.4 Å². The Labute approximate surface area is 252 Å². The molecule has 0 N–H and O–H groups in total. The van der Waals surface area contributed by atoms with Crippen LogP contribution in [0.1, 0.15) is 56.1 Å². The van der Waals surface area contributed by atoms with Gasteiger partial charge in [0.25, 0.3) is 0 Å². The summed E-state index contributed by atoms with van der Waals surface area (Å²) in [6.07, 6.45) is 0.339. The van der Waals surface area contributed by atoms with E-state index in [4.69, 9.17) is 14.2 Å². The number of carbonyl (C=O) groups is 4. The summed E-state index contributed by atoms with van der Waals surface area (Å²) in [6.45, 7) is 8.61. The first-order valence-corrected chi connectivity index (χ1v) is 14.4. The SMILES string of the molecule is CCOC(=O)C1(Cc2ccc(-c3ccccc3C(=O)OC(C)(C)C)cc2)CN(C(C)=O)C(Cc2ccc(OC)cc2)C1=O. The van der Waals surface area contributed by atoms with Crippen LogP contribution in [0, 0.1) is 5.41 Å². The van der Waals surface area contributed by atoms with Crippen LogP contribution in [0.15, 0.2) is 72.8 Å². The highest BCUT2D eigenvalue weighted by molar-refractivity contribution is 6.10. The molecule has 3 aromatic carbocycles. The minimum Gasteiger partial charge on any atom is -0.497 e. The van der Waals surface area contributed by atoms with E-state index < -0.39 is 29.0 Å². The van der Waals surface area contributed by atoms with Crippen LogP contribution in [-0.4, -0.2) is 60.4 Å². The molecule has 0 radical (unpaired) electrons. The molecule has 4 rings (SSSR count). The average molecular weight is 586 g/mol. The first kappa shape index (κ1) is 31.5. The summed E-state index contributed by atoms with van der Waals surface area (Å²) >= 11 is 0. The molecule has 8 nitrogen and oxygen atoms in total. The molecule has 0 bridgehead atoms. The van der Waals surface area contributed by atoms with Gasteiger partial charge in [-0.1, -0.05) is 54.6 Å². The van der Waals surface area contributed by atoms with Gasteiger partial charge in [0.05, 0.1) is 25.3 Å². The van der Waals surface area contributed by atoms with E-state index in [0.29, 0.717) is 16.9 Å².